The van der Waals surface area contributed by atoms with Crippen molar-refractivity contribution in [3.05, 3.63) is 29.8 Å². The lowest BCUT2D eigenvalue weighted by Gasteiger charge is -2.05. The van der Waals surface area contributed by atoms with Crippen molar-refractivity contribution in [3.8, 4) is 0 Å². The molecule has 92 valence electrons. The van der Waals surface area contributed by atoms with Crippen molar-refractivity contribution in [3.63, 3.8) is 0 Å². The van der Waals surface area contributed by atoms with Crippen LogP contribution in [0.2, 0.25) is 0 Å². The highest BCUT2D eigenvalue weighted by Gasteiger charge is 2.05. The van der Waals surface area contributed by atoms with Gasteiger partial charge in [0.15, 0.2) is 0 Å². The number of nitrogens with one attached hydrogen (secondary N) is 1. The molecule has 4 heteroatoms. The molecule has 0 heterocycles. The lowest BCUT2D eigenvalue weighted by atomic mass is 10.2. The van der Waals surface area contributed by atoms with Crippen molar-refractivity contribution in [2.45, 2.75) is 26.2 Å². The molecule has 1 amide bonds. The second-order valence-electron chi connectivity index (χ2n) is 3.84. The van der Waals surface area contributed by atoms with Crippen LogP contribution in [-0.2, 0) is 14.3 Å². The summed E-state index contributed by atoms with van der Waals surface area (Å²) >= 11 is 0. The first-order chi connectivity index (χ1) is 8.11. The smallest absolute Gasteiger partial charge is 0.305 e. The molecule has 4 nitrogen and oxygen atoms in total. The van der Waals surface area contributed by atoms with Gasteiger partial charge in [-0.3, -0.25) is 9.59 Å². The minimum Gasteiger partial charge on any atom is -0.469 e. The number of hydrogen-bond acceptors (Lipinski definition) is 3. The lowest BCUT2D eigenvalue weighted by molar-refractivity contribution is -0.140. The van der Waals surface area contributed by atoms with Crippen LogP contribution in [0.15, 0.2) is 24.3 Å². The first-order valence-electron chi connectivity index (χ1n) is 5.55. The van der Waals surface area contributed by atoms with E-state index >= 15 is 0 Å². The Morgan fingerprint density at radius 1 is 1.18 bits per heavy atom. The Hall–Kier alpha value is -1.84. The number of rotatable bonds is 5. The van der Waals surface area contributed by atoms with Crippen LogP contribution in [0.4, 0.5) is 5.69 Å². The van der Waals surface area contributed by atoms with Gasteiger partial charge < -0.3 is 10.1 Å². The average Bonchev–Trinajstić information content (AvgIpc) is 2.32. The third-order valence-electron chi connectivity index (χ3n) is 2.35. The number of aryl methyl sites for hydroxylation is 1. The quantitative estimate of drug-likeness (QED) is 0.796. The Morgan fingerprint density at radius 3 is 2.41 bits per heavy atom. The van der Waals surface area contributed by atoms with E-state index in [0.717, 1.165) is 11.3 Å². The topological polar surface area (TPSA) is 55.4 Å². The molecule has 1 aromatic rings. The van der Waals surface area contributed by atoms with E-state index in [1.165, 1.54) is 7.11 Å². The molecule has 0 aliphatic carbocycles. The minimum atomic E-state index is -0.284. The molecular weight excluding hydrogens is 218 g/mol. The molecule has 0 bridgehead atoms. The number of esters is 1. The Labute approximate surface area is 101 Å². The van der Waals surface area contributed by atoms with E-state index in [1.807, 2.05) is 31.2 Å². The van der Waals surface area contributed by atoms with Crippen molar-refractivity contribution >= 4 is 17.6 Å². The van der Waals surface area contributed by atoms with Gasteiger partial charge in [-0.2, -0.15) is 0 Å². The fourth-order valence-electron chi connectivity index (χ4n) is 1.36. The largest absolute Gasteiger partial charge is 0.469 e. The fourth-order valence-corrected chi connectivity index (χ4v) is 1.36. The summed E-state index contributed by atoms with van der Waals surface area (Å²) in [5.74, 6) is -0.370. The zero-order chi connectivity index (χ0) is 12.7. The van der Waals surface area contributed by atoms with Crippen molar-refractivity contribution in [2.75, 3.05) is 12.4 Å². The van der Waals surface area contributed by atoms with Gasteiger partial charge >= 0.3 is 5.97 Å². The molecular formula is C13H17NO3. The molecule has 0 saturated heterocycles. The number of benzene rings is 1. The normalized spacial score (nSPS) is 9.76. The van der Waals surface area contributed by atoms with Crippen molar-refractivity contribution in [2.24, 2.45) is 0 Å². The molecule has 0 aliphatic rings. The predicted octanol–water partition coefficient (Wildman–Crippen LogP) is 2.28. The highest BCUT2D eigenvalue weighted by Crippen LogP contribution is 2.09. The summed E-state index contributed by atoms with van der Waals surface area (Å²) in [6.07, 6.45) is 1.10. The first kappa shape index (κ1) is 13.2. The highest BCUT2D eigenvalue weighted by atomic mass is 16.5. The first-order valence-corrected chi connectivity index (χ1v) is 5.55. The van der Waals surface area contributed by atoms with E-state index in [1.54, 1.807) is 0 Å². The number of ether oxygens (including phenoxy) is 1. The molecule has 0 unspecified atom stereocenters. The van der Waals surface area contributed by atoms with E-state index in [9.17, 15) is 9.59 Å². The zero-order valence-corrected chi connectivity index (χ0v) is 10.2. The molecule has 0 saturated carbocycles. The molecule has 0 aliphatic heterocycles. The van der Waals surface area contributed by atoms with Gasteiger partial charge in [0.2, 0.25) is 5.91 Å². The summed E-state index contributed by atoms with van der Waals surface area (Å²) in [5.41, 5.74) is 1.92. The Kier molecular flexibility index (Phi) is 5.20. The van der Waals surface area contributed by atoms with E-state index in [0.29, 0.717) is 12.8 Å². The number of amides is 1. The van der Waals surface area contributed by atoms with E-state index in [2.05, 4.69) is 10.1 Å². The SMILES string of the molecule is COC(=O)CCCC(=O)Nc1ccc(C)cc1. The van der Waals surface area contributed by atoms with Crippen LogP contribution < -0.4 is 5.32 Å². The van der Waals surface area contributed by atoms with Crippen molar-refractivity contribution < 1.29 is 14.3 Å². The van der Waals surface area contributed by atoms with Gasteiger partial charge in [0.25, 0.3) is 0 Å². The van der Waals surface area contributed by atoms with E-state index in [-0.39, 0.29) is 18.3 Å². The Bertz CT molecular complexity index is 384. The molecule has 0 aromatic heterocycles. The maximum absolute atomic E-state index is 11.5. The molecule has 0 spiro atoms. The number of carbonyl (C=O) groups is 2. The molecule has 17 heavy (non-hydrogen) atoms. The minimum absolute atomic E-state index is 0.0854. The van der Waals surface area contributed by atoms with Crippen molar-refractivity contribution in [1.29, 1.82) is 0 Å². The Balaban J connectivity index is 2.30. The van der Waals surface area contributed by atoms with Gasteiger partial charge in [-0.1, -0.05) is 17.7 Å². The van der Waals surface area contributed by atoms with Gasteiger partial charge in [-0.05, 0) is 25.5 Å². The summed E-state index contributed by atoms with van der Waals surface area (Å²) in [6, 6.07) is 7.58. The maximum Gasteiger partial charge on any atom is 0.305 e. The van der Waals surface area contributed by atoms with Gasteiger partial charge in [0, 0.05) is 18.5 Å². The van der Waals surface area contributed by atoms with E-state index < -0.39 is 0 Å². The second-order valence-corrected chi connectivity index (χ2v) is 3.84. The third-order valence-corrected chi connectivity index (χ3v) is 2.35. The van der Waals surface area contributed by atoms with Crippen LogP contribution in [0.3, 0.4) is 0 Å². The third kappa shape index (κ3) is 5.15. The molecule has 0 atom stereocenters. The molecule has 0 radical (unpaired) electrons. The molecule has 0 fully saturated rings. The van der Waals surface area contributed by atoms with Gasteiger partial charge in [0.05, 0.1) is 7.11 Å². The van der Waals surface area contributed by atoms with Gasteiger partial charge in [-0.25, -0.2) is 0 Å². The van der Waals surface area contributed by atoms with Gasteiger partial charge in [0.1, 0.15) is 0 Å². The zero-order valence-electron chi connectivity index (χ0n) is 10.2. The summed E-state index contributed by atoms with van der Waals surface area (Å²) in [5, 5.41) is 2.77. The summed E-state index contributed by atoms with van der Waals surface area (Å²) < 4.78 is 4.49. The maximum atomic E-state index is 11.5. The molecule has 1 rings (SSSR count). The fraction of sp³-hybridized carbons (Fsp3) is 0.385. The number of carbonyl (C=O) groups excluding carboxylic acids is 2. The number of anilines is 1. The molecule has 1 N–H and O–H groups in total. The van der Waals surface area contributed by atoms with Crippen LogP contribution in [0.1, 0.15) is 24.8 Å². The monoisotopic (exact) mass is 235 g/mol. The number of methoxy groups -OCH3 is 1. The van der Waals surface area contributed by atoms with Crippen LogP contribution in [0, 0.1) is 6.92 Å². The van der Waals surface area contributed by atoms with Crippen molar-refractivity contribution in [1.82, 2.24) is 0 Å². The highest BCUT2D eigenvalue weighted by molar-refractivity contribution is 5.90. The van der Waals surface area contributed by atoms with Crippen LogP contribution in [0.25, 0.3) is 0 Å². The molecule has 1 aromatic carbocycles. The standard InChI is InChI=1S/C13H17NO3/c1-10-6-8-11(9-7-10)14-12(15)4-3-5-13(16)17-2/h6-9H,3-5H2,1-2H3,(H,14,15). The van der Waals surface area contributed by atoms with Crippen LogP contribution in [-0.4, -0.2) is 19.0 Å². The van der Waals surface area contributed by atoms with Gasteiger partial charge in [-0.15, -0.1) is 0 Å². The summed E-state index contributed by atoms with van der Waals surface area (Å²) in [6.45, 7) is 1.99. The lowest BCUT2D eigenvalue weighted by Crippen LogP contribution is -2.12. The second kappa shape index (κ2) is 6.68. The summed E-state index contributed by atoms with van der Waals surface area (Å²) in [7, 11) is 1.34. The number of hydrogen-bond donors (Lipinski definition) is 1. The predicted molar refractivity (Wildman–Crippen MR) is 65.7 cm³/mol. The van der Waals surface area contributed by atoms with E-state index in [4.69, 9.17) is 0 Å². The Morgan fingerprint density at radius 2 is 1.82 bits per heavy atom. The average molecular weight is 235 g/mol. The van der Waals surface area contributed by atoms with Crippen LogP contribution in [0.5, 0.6) is 0 Å². The van der Waals surface area contributed by atoms with Crippen LogP contribution >= 0.6 is 0 Å². The summed E-state index contributed by atoms with van der Waals surface area (Å²) in [4.78, 5) is 22.3.